The zero-order valence-electron chi connectivity index (χ0n) is 12.1. The fourth-order valence-corrected chi connectivity index (χ4v) is 2.26. The van der Waals surface area contributed by atoms with Crippen LogP contribution in [0.2, 0.25) is 0 Å². The number of anilines is 3. The molecule has 20 heavy (non-hydrogen) atoms. The van der Waals surface area contributed by atoms with Crippen LogP contribution in [0.5, 0.6) is 0 Å². The number of hydrogen-bond donors (Lipinski definition) is 2. The first-order chi connectivity index (χ1) is 9.76. The van der Waals surface area contributed by atoms with Crippen molar-refractivity contribution in [3.05, 3.63) is 0 Å². The minimum absolute atomic E-state index is 0.504. The third-order valence-electron chi connectivity index (χ3n) is 3.68. The van der Waals surface area contributed by atoms with Crippen LogP contribution in [0.3, 0.4) is 0 Å². The normalized spacial score (nSPS) is 25.4. The highest BCUT2D eigenvalue weighted by molar-refractivity contribution is 5.45. The molecule has 1 aromatic heterocycles. The van der Waals surface area contributed by atoms with E-state index in [1.807, 2.05) is 6.92 Å². The number of ether oxygens (including phenoxy) is 1. The molecule has 1 aliphatic heterocycles. The average Bonchev–Trinajstić information content (AvgIpc) is 3.15. The Balaban J connectivity index is 1.79. The third kappa shape index (κ3) is 3.09. The minimum Gasteiger partial charge on any atom is -0.378 e. The van der Waals surface area contributed by atoms with Gasteiger partial charge >= 0.3 is 0 Å². The Hall–Kier alpha value is -1.63. The molecule has 0 spiro atoms. The first kappa shape index (κ1) is 13.4. The molecule has 1 saturated heterocycles. The summed E-state index contributed by atoms with van der Waals surface area (Å²) < 4.78 is 5.37. The summed E-state index contributed by atoms with van der Waals surface area (Å²) in [7, 11) is 0. The van der Waals surface area contributed by atoms with E-state index in [1.165, 1.54) is 6.42 Å². The van der Waals surface area contributed by atoms with Crippen molar-refractivity contribution in [2.75, 3.05) is 48.4 Å². The van der Waals surface area contributed by atoms with Crippen LogP contribution in [-0.2, 0) is 4.74 Å². The Morgan fingerprint density at radius 1 is 1.20 bits per heavy atom. The fourth-order valence-electron chi connectivity index (χ4n) is 2.26. The third-order valence-corrected chi connectivity index (χ3v) is 3.68. The van der Waals surface area contributed by atoms with Crippen molar-refractivity contribution in [2.45, 2.75) is 26.3 Å². The number of nitrogens with zero attached hydrogens (tertiary/aromatic N) is 4. The summed E-state index contributed by atoms with van der Waals surface area (Å²) in [6.07, 6.45) is 1.19. The van der Waals surface area contributed by atoms with E-state index in [2.05, 4.69) is 37.4 Å². The van der Waals surface area contributed by atoms with Crippen LogP contribution in [0.15, 0.2) is 0 Å². The number of hydrogen-bond acceptors (Lipinski definition) is 7. The topological polar surface area (TPSA) is 75.2 Å². The summed E-state index contributed by atoms with van der Waals surface area (Å²) >= 11 is 0. The van der Waals surface area contributed by atoms with Gasteiger partial charge in [0.25, 0.3) is 0 Å². The average molecular weight is 278 g/mol. The van der Waals surface area contributed by atoms with Gasteiger partial charge in [0.1, 0.15) is 0 Å². The largest absolute Gasteiger partial charge is 0.378 e. The van der Waals surface area contributed by atoms with Crippen molar-refractivity contribution < 1.29 is 4.74 Å². The molecule has 1 saturated carbocycles. The van der Waals surface area contributed by atoms with Gasteiger partial charge in [0.2, 0.25) is 17.8 Å². The molecular formula is C13H22N6O. The Kier molecular flexibility index (Phi) is 3.86. The van der Waals surface area contributed by atoms with E-state index >= 15 is 0 Å². The monoisotopic (exact) mass is 278 g/mol. The lowest BCUT2D eigenvalue weighted by molar-refractivity contribution is 0.122. The highest BCUT2D eigenvalue weighted by Crippen LogP contribution is 2.32. The second-order valence-electron chi connectivity index (χ2n) is 5.38. The van der Waals surface area contributed by atoms with Crippen molar-refractivity contribution in [3.8, 4) is 0 Å². The maximum Gasteiger partial charge on any atom is 0.232 e. The van der Waals surface area contributed by atoms with Crippen molar-refractivity contribution in [3.63, 3.8) is 0 Å². The van der Waals surface area contributed by atoms with E-state index in [9.17, 15) is 0 Å². The zero-order valence-corrected chi connectivity index (χ0v) is 12.1. The van der Waals surface area contributed by atoms with E-state index < -0.39 is 0 Å². The predicted molar refractivity (Wildman–Crippen MR) is 78.2 cm³/mol. The van der Waals surface area contributed by atoms with Crippen LogP contribution in [0.1, 0.15) is 20.3 Å². The van der Waals surface area contributed by atoms with Crippen LogP contribution in [0.25, 0.3) is 0 Å². The van der Waals surface area contributed by atoms with Gasteiger partial charge in [0, 0.05) is 25.7 Å². The van der Waals surface area contributed by atoms with Gasteiger partial charge in [-0.2, -0.15) is 15.0 Å². The van der Waals surface area contributed by atoms with Crippen LogP contribution >= 0.6 is 0 Å². The Morgan fingerprint density at radius 3 is 2.55 bits per heavy atom. The second kappa shape index (κ2) is 5.78. The molecule has 1 aliphatic carbocycles. The van der Waals surface area contributed by atoms with Crippen molar-refractivity contribution in [1.29, 1.82) is 0 Å². The van der Waals surface area contributed by atoms with Crippen molar-refractivity contribution in [2.24, 2.45) is 5.92 Å². The number of rotatable bonds is 5. The molecule has 7 nitrogen and oxygen atoms in total. The zero-order chi connectivity index (χ0) is 13.9. The molecular weight excluding hydrogens is 256 g/mol. The highest BCUT2D eigenvalue weighted by atomic mass is 16.5. The molecule has 2 aliphatic rings. The Labute approximate surface area is 119 Å². The van der Waals surface area contributed by atoms with Crippen molar-refractivity contribution in [1.82, 2.24) is 15.0 Å². The molecule has 0 radical (unpaired) electrons. The maximum absolute atomic E-state index is 5.37. The predicted octanol–water partition coefficient (Wildman–Crippen LogP) is 0.960. The summed E-state index contributed by atoms with van der Waals surface area (Å²) in [5.41, 5.74) is 0. The van der Waals surface area contributed by atoms with Crippen LogP contribution < -0.4 is 15.5 Å². The molecule has 2 fully saturated rings. The number of morpholine rings is 1. The van der Waals surface area contributed by atoms with E-state index in [0.717, 1.165) is 38.8 Å². The molecule has 1 aromatic rings. The van der Waals surface area contributed by atoms with Crippen LogP contribution in [0, 0.1) is 5.92 Å². The first-order valence-electron chi connectivity index (χ1n) is 7.35. The van der Waals surface area contributed by atoms with Gasteiger partial charge in [-0.05, 0) is 19.3 Å². The second-order valence-corrected chi connectivity index (χ2v) is 5.38. The summed E-state index contributed by atoms with van der Waals surface area (Å²) in [6.45, 7) is 8.17. The van der Waals surface area contributed by atoms with Crippen LogP contribution in [0.4, 0.5) is 17.8 Å². The van der Waals surface area contributed by atoms with Gasteiger partial charge in [-0.15, -0.1) is 0 Å². The molecule has 2 atom stereocenters. The maximum atomic E-state index is 5.37. The SMILES string of the molecule is CCNc1nc(NC2CC2C)nc(N2CCOCC2)n1. The molecule has 2 heterocycles. The molecule has 0 amide bonds. The standard InChI is InChI=1S/C13H22N6O/c1-3-14-11-16-12(15-10-8-9(10)2)18-13(17-11)19-4-6-20-7-5-19/h9-10H,3-8H2,1-2H3,(H2,14,15,16,17,18). The summed E-state index contributed by atoms with van der Waals surface area (Å²) in [5, 5.41) is 6.56. The minimum atomic E-state index is 0.504. The first-order valence-corrected chi connectivity index (χ1v) is 7.35. The van der Waals surface area contributed by atoms with Gasteiger partial charge < -0.3 is 20.3 Å². The lowest BCUT2D eigenvalue weighted by atomic mass is 10.4. The van der Waals surface area contributed by atoms with E-state index in [1.54, 1.807) is 0 Å². The van der Waals surface area contributed by atoms with E-state index in [-0.39, 0.29) is 0 Å². The van der Waals surface area contributed by atoms with Gasteiger partial charge in [0.05, 0.1) is 13.2 Å². The lowest BCUT2D eigenvalue weighted by Crippen LogP contribution is -2.37. The van der Waals surface area contributed by atoms with Crippen LogP contribution in [-0.4, -0.2) is 53.8 Å². The molecule has 2 N–H and O–H groups in total. The molecule has 0 aromatic carbocycles. The summed E-state index contributed by atoms with van der Waals surface area (Å²) in [6, 6.07) is 0.504. The van der Waals surface area contributed by atoms with Gasteiger partial charge in [-0.1, -0.05) is 6.92 Å². The van der Waals surface area contributed by atoms with Crippen molar-refractivity contribution >= 4 is 17.8 Å². The van der Waals surface area contributed by atoms with Gasteiger partial charge in [0.15, 0.2) is 0 Å². The molecule has 110 valence electrons. The quantitative estimate of drug-likeness (QED) is 0.831. The molecule has 0 bridgehead atoms. The fraction of sp³-hybridized carbons (Fsp3) is 0.769. The Bertz CT molecular complexity index is 462. The Morgan fingerprint density at radius 2 is 1.90 bits per heavy atom. The number of nitrogens with one attached hydrogen (secondary N) is 2. The molecule has 2 unspecified atom stereocenters. The molecule has 7 heteroatoms. The molecule has 3 rings (SSSR count). The highest BCUT2D eigenvalue weighted by Gasteiger charge is 2.33. The lowest BCUT2D eigenvalue weighted by Gasteiger charge is -2.27. The van der Waals surface area contributed by atoms with E-state index in [4.69, 9.17) is 4.74 Å². The van der Waals surface area contributed by atoms with Gasteiger partial charge in [-0.3, -0.25) is 0 Å². The summed E-state index contributed by atoms with van der Waals surface area (Å²) in [5.74, 6) is 2.75. The summed E-state index contributed by atoms with van der Waals surface area (Å²) in [4.78, 5) is 15.6. The number of aromatic nitrogens is 3. The van der Waals surface area contributed by atoms with Gasteiger partial charge in [-0.25, -0.2) is 0 Å². The van der Waals surface area contributed by atoms with E-state index in [0.29, 0.717) is 23.9 Å². The smallest absolute Gasteiger partial charge is 0.232 e.